The van der Waals surface area contributed by atoms with Gasteiger partial charge in [0.1, 0.15) is 16.6 Å². The van der Waals surface area contributed by atoms with Crippen molar-refractivity contribution in [3.05, 3.63) is 30.5 Å². The van der Waals surface area contributed by atoms with Crippen LogP contribution in [0.4, 0.5) is 18.9 Å². The largest absolute Gasteiger partial charge is 0.480 e. The smallest absolute Gasteiger partial charge is 0.428 e. The Morgan fingerprint density at radius 2 is 2.00 bits per heavy atom. The van der Waals surface area contributed by atoms with Crippen LogP contribution in [0.2, 0.25) is 15.1 Å². The third-order valence-corrected chi connectivity index (χ3v) is 6.83. The highest BCUT2D eigenvalue weighted by Gasteiger charge is 2.39. The van der Waals surface area contributed by atoms with Crippen LogP contribution < -0.4 is 4.90 Å². The van der Waals surface area contributed by atoms with Crippen LogP contribution in [0, 0.1) is 0 Å². The standard InChI is InChI=1S/C15H9BrCl3F3N2O2S/c16-9-8(11-10(19)13(27-23-11)15(20,21)22)5(17)4-6(18)12(9)24-3-1-2-7(24)14(25)26/h4,7H,1-3H2,(H,25,26)/t7-/m0/s1. The Kier molecular flexibility index (Phi) is 5.90. The highest BCUT2D eigenvalue weighted by Crippen LogP contribution is 2.50. The minimum absolute atomic E-state index is 0.0441. The summed E-state index contributed by atoms with van der Waals surface area (Å²) < 4.78 is 43.2. The Morgan fingerprint density at radius 3 is 2.56 bits per heavy atom. The highest BCUT2D eigenvalue weighted by atomic mass is 79.9. The predicted octanol–water partition coefficient (Wildman–Crippen LogP) is 6.61. The van der Waals surface area contributed by atoms with Crippen molar-refractivity contribution in [2.75, 3.05) is 11.4 Å². The lowest BCUT2D eigenvalue weighted by molar-refractivity contribution is -0.138. The van der Waals surface area contributed by atoms with Crippen LogP contribution >= 0.6 is 62.3 Å². The van der Waals surface area contributed by atoms with E-state index in [-0.39, 0.29) is 37.3 Å². The van der Waals surface area contributed by atoms with Gasteiger partial charge in [0.15, 0.2) is 0 Å². The monoisotopic (exact) mass is 522 g/mol. The molecule has 2 heterocycles. The first-order chi connectivity index (χ1) is 12.5. The number of carboxylic acid groups (broad SMARTS) is 1. The molecule has 0 saturated carbocycles. The average molecular weight is 525 g/mol. The summed E-state index contributed by atoms with van der Waals surface area (Å²) in [5.74, 6) is -1.02. The van der Waals surface area contributed by atoms with Crippen molar-refractivity contribution >= 4 is 73.9 Å². The molecule has 0 bridgehead atoms. The van der Waals surface area contributed by atoms with Crippen molar-refractivity contribution < 1.29 is 23.1 Å². The molecule has 1 atom stereocenters. The number of rotatable bonds is 3. The van der Waals surface area contributed by atoms with Gasteiger partial charge in [0.2, 0.25) is 0 Å². The zero-order valence-corrected chi connectivity index (χ0v) is 17.8. The zero-order valence-electron chi connectivity index (χ0n) is 13.1. The Bertz CT molecular complexity index is 923. The van der Waals surface area contributed by atoms with E-state index < -0.39 is 28.1 Å². The van der Waals surface area contributed by atoms with Crippen LogP contribution in [-0.2, 0) is 11.0 Å². The minimum atomic E-state index is -4.65. The molecule has 3 rings (SSSR count). The van der Waals surface area contributed by atoms with E-state index in [2.05, 4.69) is 20.3 Å². The van der Waals surface area contributed by atoms with Gasteiger partial charge < -0.3 is 10.0 Å². The molecular formula is C15H9BrCl3F3N2O2S. The number of alkyl halides is 3. The van der Waals surface area contributed by atoms with E-state index in [0.29, 0.717) is 25.1 Å². The Morgan fingerprint density at radius 1 is 1.33 bits per heavy atom. The summed E-state index contributed by atoms with van der Waals surface area (Å²) in [6.45, 7) is 0.426. The summed E-state index contributed by atoms with van der Waals surface area (Å²) >= 11 is 22.0. The van der Waals surface area contributed by atoms with Gasteiger partial charge in [-0.25, -0.2) is 4.79 Å². The fraction of sp³-hybridized carbons (Fsp3) is 0.333. The molecule has 4 nitrogen and oxygen atoms in total. The summed E-state index contributed by atoms with van der Waals surface area (Å²) in [5, 5.41) is 9.07. The van der Waals surface area contributed by atoms with E-state index in [0.717, 1.165) is 0 Å². The van der Waals surface area contributed by atoms with Gasteiger partial charge in [-0.2, -0.15) is 17.5 Å². The molecule has 0 amide bonds. The summed E-state index contributed by atoms with van der Waals surface area (Å²) in [6.07, 6.45) is -3.59. The van der Waals surface area contributed by atoms with Gasteiger partial charge in [0.25, 0.3) is 0 Å². The molecule has 12 heteroatoms. The summed E-state index contributed by atoms with van der Waals surface area (Å²) in [5.41, 5.74) is 0.317. The number of carboxylic acids is 1. The van der Waals surface area contributed by atoms with E-state index in [4.69, 9.17) is 34.8 Å². The number of aromatic nitrogens is 1. The maximum absolute atomic E-state index is 13.1. The van der Waals surface area contributed by atoms with E-state index in [1.807, 2.05) is 0 Å². The molecule has 0 radical (unpaired) electrons. The van der Waals surface area contributed by atoms with Crippen molar-refractivity contribution in [3.63, 3.8) is 0 Å². The molecule has 1 aliphatic heterocycles. The van der Waals surface area contributed by atoms with E-state index >= 15 is 0 Å². The molecule has 27 heavy (non-hydrogen) atoms. The number of carbonyl (C=O) groups is 1. The minimum Gasteiger partial charge on any atom is -0.480 e. The quantitative estimate of drug-likeness (QED) is 0.491. The molecule has 1 fully saturated rings. The number of anilines is 1. The number of halogens is 7. The molecule has 1 aromatic carbocycles. The first kappa shape index (κ1) is 21.0. The highest BCUT2D eigenvalue weighted by molar-refractivity contribution is 9.10. The first-order valence-corrected chi connectivity index (χ1v) is 10.1. The second-order valence-corrected chi connectivity index (χ2v) is 8.50. The normalized spacial score (nSPS) is 17.6. The average Bonchev–Trinajstić information content (AvgIpc) is 3.14. The van der Waals surface area contributed by atoms with Gasteiger partial charge in [-0.3, -0.25) is 0 Å². The van der Waals surface area contributed by atoms with E-state index in [1.165, 1.54) is 6.07 Å². The molecule has 146 valence electrons. The van der Waals surface area contributed by atoms with Gasteiger partial charge in [-0.05, 0) is 46.4 Å². The van der Waals surface area contributed by atoms with Gasteiger partial charge in [0.05, 0.1) is 25.2 Å². The SMILES string of the molecule is O=C(O)[C@@H]1CCCN1c1c(Cl)cc(Cl)c(-c2nsc(C(F)(F)F)c2Cl)c1Br. The molecule has 0 unspecified atom stereocenters. The lowest BCUT2D eigenvalue weighted by Crippen LogP contribution is -2.36. The second kappa shape index (κ2) is 7.59. The molecule has 0 aliphatic carbocycles. The maximum Gasteiger partial charge on any atom is 0.428 e. The fourth-order valence-corrected chi connectivity index (χ4v) is 5.74. The topological polar surface area (TPSA) is 53.4 Å². The van der Waals surface area contributed by atoms with Crippen LogP contribution in [-0.4, -0.2) is 28.0 Å². The third-order valence-electron chi connectivity index (χ3n) is 4.10. The van der Waals surface area contributed by atoms with Crippen LogP contribution in [0.5, 0.6) is 0 Å². The van der Waals surface area contributed by atoms with Gasteiger partial charge in [-0.1, -0.05) is 34.8 Å². The molecule has 1 aliphatic rings. The van der Waals surface area contributed by atoms with Gasteiger partial charge in [-0.15, -0.1) is 0 Å². The Hall–Kier alpha value is -0.740. The second-order valence-electron chi connectivity index (χ2n) is 5.74. The lowest BCUT2D eigenvalue weighted by atomic mass is 10.1. The zero-order chi connectivity index (χ0) is 20.1. The number of benzene rings is 1. The van der Waals surface area contributed by atoms with Crippen LogP contribution in [0.1, 0.15) is 17.7 Å². The maximum atomic E-state index is 13.1. The number of nitrogens with zero attached hydrogens (tertiary/aromatic N) is 2. The van der Waals surface area contributed by atoms with Crippen molar-refractivity contribution in [3.8, 4) is 11.3 Å². The first-order valence-electron chi connectivity index (χ1n) is 7.43. The van der Waals surface area contributed by atoms with Crippen LogP contribution in [0.15, 0.2) is 10.5 Å². The van der Waals surface area contributed by atoms with Gasteiger partial charge in [0, 0.05) is 12.1 Å². The Labute approximate surface area is 179 Å². The summed E-state index contributed by atoms with van der Waals surface area (Å²) in [7, 11) is 0. The molecular weight excluding hydrogens is 516 g/mol. The van der Waals surface area contributed by atoms with E-state index in [1.54, 1.807) is 4.90 Å². The molecule has 1 N–H and O–H groups in total. The Balaban J connectivity index is 2.19. The van der Waals surface area contributed by atoms with Crippen LogP contribution in [0.25, 0.3) is 11.3 Å². The molecule has 1 saturated heterocycles. The fourth-order valence-electron chi connectivity index (χ4n) is 2.96. The van der Waals surface area contributed by atoms with E-state index in [9.17, 15) is 23.1 Å². The lowest BCUT2D eigenvalue weighted by Gasteiger charge is -2.27. The third kappa shape index (κ3) is 3.76. The predicted molar refractivity (Wildman–Crippen MR) is 103 cm³/mol. The van der Waals surface area contributed by atoms with Crippen molar-refractivity contribution in [2.45, 2.75) is 25.1 Å². The van der Waals surface area contributed by atoms with Gasteiger partial charge >= 0.3 is 12.1 Å². The number of aliphatic carboxylic acids is 1. The number of hydrogen-bond donors (Lipinski definition) is 1. The summed E-state index contributed by atoms with van der Waals surface area (Å²) in [4.78, 5) is 12.1. The number of hydrogen-bond acceptors (Lipinski definition) is 4. The van der Waals surface area contributed by atoms with Crippen molar-refractivity contribution in [2.24, 2.45) is 0 Å². The van der Waals surface area contributed by atoms with Crippen LogP contribution in [0.3, 0.4) is 0 Å². The van der Waals surface area contributed by atoms with Crippen molar-refractivity contribution in [1.82, 2.24) is 4.37 Å². The molecule has 2 aromatic rings. The molecule has 1 aromatic heterocycles. The van der Waals surface area contributed by atoms with Crippen molar-refractivity contribution in [1.29, 1.82) is 0 Å². The summed E-state index contributed by atoms with van der Waals surface area (Å²) in [6, 6.07) is 0.545. The molecule has 0 spiro atoms.